The molecule has 0 aliphatic heterocycles. The van der Waals surface area contributed by atoms with E-state index < -0.39 is 10.0 Å². The van der Waals surface area contributed by atoms with Crippen LogP contribution in [-0.4, -0.2) is 40.6 Å². The maximum atomic E-state index is 13.3. The molecule has 2 rings (SSSR count). The largest absolute Gasteiger partial charge is 0.489 e. The Labute approximate surface area is 170 Å². The fourth-order valence-electron chi connectivity index (χ4n) is 2.36. The SMILES string of the molecule is C[B]c1ncc(Cl)cc1N(COC)S(=O)(=O)c1ccc(Cl)c(OC(C)C)c1. The van der Waals surface area contributed by atoms with Gasteiger partial charge >= 0.3 is 0 Å². The minimum Gasteiger partial charge on any atom is -0.489 e. The molecule has 0 fully saturated rings. The summed E-state index contributed by atoms with van der Waals surface area (Å²) in [6, 6.07) is 5.83. The van der Waals surface area contributed by atoms with Crippen molar-refractivity contribution < 1.29 is 17.9 Å². The second kappa shape index (κ2) is 9.14. The normalized spacial score (nSPS) is 11.5. The van der Waals surface area contributed by atoms with Crippen LogP contribution in [0.15, 0.2) is 35.4 Å². The first-order chi connectivity index (χ1) is 12.7. The van der Waals surface area contributed by atoms with Crippen molar-refractivity contribution in [3.8, 4) is 5.75 Å². The molecule has 0 saturated carbocycles. The molecule has 0 atom stereocenters. The highest BCUT2D eigenvalue weighted by molar-refractivity contribution is 7.92. The number of methoxy groups -OCH3 is 1. The lowest BCUT2D eigenvalue weighted by Gasteiger charge is -2.26. The van der Waals surface area contributed by atoms with Crippen LogP contribution < -0.4 is 14.6 Å². The molecule has 145 valence electrons. The molecular weight excluding hydrogens is 410 g/mol. The van der Waals surface area contributed by atoms with Crippen molar-refractivity contribution in [3.05, 3.63) is 40.5 Å². The fraction of sp³-hybridized carbons (Fsp3) is 0.353. The quantitative estimate of drug-likeness (QED) is 0.475. The van der Waals surface area contributed by atoms with Crippen LogP contribution >= 0.6 is 23.2 Å². The Balaban J connectivity index is 2.59. The lowest BCUT2D eigenvalue weighted by Crippen LogP contribution is -2.38. The van der Waals surface area contributed by atoms with Gasteiger partial charge in [-0.3, -0.25) is 4.98 Å². The smallest absolute Gasteiger partial charge is 0.266 e. The highest BCUT2D eigenvalue weighted by Crippen LogP contribution is 2.31. The molecule has 1 heterocycles. The molecule has 0 bridgehead atoms. The third-order valence-electron chi connectivity index (χ3n) is 3.51. The van der Waals surface area contributed by atoms with E-state index in [1.807, 2.05) is 13.8 Å². The molecule has 0 amide bonds. The maximum Gasteiger partial charge on any atom is 0.266 e. The summed E-state index contributed by atoms with van der Waals surface area (Å²) in [5.74, 6) is 0.289. The standard InChI is InChI=1S/C17H20BCl2N2O4S/c1-11(2)26-16-8-13(5-6-14(16)20)27(23,24)22(10-25-4)15-7-12(19)9-21-17(15)18-3/h5-9,11H,10H2,1-4H3. The average Bonchev–Trinajstić information content (AvgIpc) is 2.60. The summed E-state index contributed by atoms with van der Waals surface area (Å²) in [6.45, 7) is 5.20. The second-order valence-electron chi connectivity index (χ2n) is 5.88. The lowest BCUT2D eigenvalue weighted by atomic mass is 9.76. The van der Waals surface area contributed by atoms with Crippen LogP contribution in [0.5, 0.6) is 5.75 Å². The third-order valence-corrected chi connectivity index (χ3v) is 5.76. The summed E-state index contributed by atoms with van der Waals surface area (Å²) in [5.41, 5.74) is 0.778. The predicted octanol–water partition coefficient (Wildman–Crippen LogP) is 3.35. The average molecular weight is 430 g/mol. The van der Waals surface area contributed by atoms with Gasteiger partial charge in [-0.1, -0.05) is 30.0 Å². The first-order valence-corrected chi connectivity index (χ1v) is 10.3. The summed E-state index contributed by atoms with van der Waals surface area (Å²) in [5, 5.41) is 0.639. The number of hydrogen-bond acceptors (Lipinski definition) is 5. The van der Waals surface area contributed by atoms with Crippen molar-refractivity contribution in [2.75, 3.05) is 18.1 Å². The Morgan fingerprint density at radius 3 is 2.56 bits per heavy atom. The van der Waals surface area contributed by atoms with Gasteiger partial charge in [0.05, 0.1) is 26.7 Å². The fourth-order valence-corrected chi connectivity index (χ4v) is 4.08. The van der Waals surface area contributed by atoms with Crippen molar-refractivity contribution in [3.63, 3.8) is 0 Å². The number of benzene rings is 1. The van der Waals surface area contributed by atoms with Gasteiger partial charge in [0.2, 0.25) is 0 Å². The summed E-state index contributed by atoms with van der Waals surface area (Å²) < 4.78 is 38.5. The lowest BCUT2D eigenvalue weighted by molar-refractivity contribution is 0.209. The number of hydrogen-bond donors (Lipinski definition) is 0. The van der Waals surface area contributed by atoms with Gasteiger partial charge in [-0.05, 0) is 32.0 Å². The summed E-state index contributed by atoms with van der Waals surface area (Å²) >= 11 is 12.2. The number of aromatic nitrogens is 1. The Morgan fingerprint density at radius 1 is 1.26 bits per heavy atom. The molecule has 2 aromatic rings. The number of pyridine rings is 1. The summed E-state index contributed by atoms with van der Waals surface area (Å²) in [7, 11) is -0.888. The molecule has 10 heteroatoms. The molecule has 0 N–H and O–H groups in total. The van der Waals surface area contributed by atoms with Crippen LogP contribution in [0, 0.1) is 0 Å². The second-order valence-corrected chi connectivity index (χ2v) is 8.58. The van der Waals surface area contributed by atoms with Gasteiger partial charge in [-0.15, -0.1) is 0 Å². The molecule has 1 aromatic heterocycles. The van der Waals surface area contributed by atoms with E-state index in [4.69, 9.17) is 32.7 Å². The molecular formula is C17H20BCl2N2O4S. The summed E-state index contributed by atoms with van der Waals surface area (Å²) in [6.07, 6.45) is 1.29. The number of sulfonamides is 1. The number of rotatable bonds is 8. The van der Waals surface area contributed by atoms with Crippen LogP contribution in [-0.2, 0) is 14.8 Å². The first-order valence-electron chi connectivity index (χ1n) is 8.13. The molecule has 0 saturated heterocycles. The molecule has 27 heavy (non-hydrogen) atoms. The number of nitrogens with zero attached hydrogens (tertiary/aromatic N) is 2. The minimum absolute atomic E-state index is 0.0154. The number of halogens is 2. The highest BCUT2D eigenvalue weighted by atomic mass is 35.5. The van der Waals surface area contributed by atoms with Crippen molar-refractivity contribution >= 4 is 51.8 Å². The molecule has 1 aromatic carbocycles. The van der Waals surface area contributed by atoms with Crippen molar-refractivity contribution in [2.24, 2.45) is 0 Å². The van der Waals surface area contributed by atoms with Gasteiger partial charge in [-0.25, -0.2) is 12.7 Å². The van der Waals surface area contributed by atoms with Gasteiger partial charge in [0.25, 0.3) is 10.0 Å². The zero-order valence-electron chi connectivity index (χ0n) is 15.4. The van der Waals surface area contributed by atoms with Gasteiger partial charge in [0.15, 0.2) is 7.28 Å². The molecule has 0 spiro atoms. The zero-order valence-corrected chi connectivity index (χ0v) is 17.8. The molecule has 0 aliphatic carbocycles. The topological polar surface area (TPSA) is 68.7 Å². The molecule has 0 aliphatic rings. The van der Waals surface area contributed by atoms with E-state index in [0.29, 0.717) is 21.3 Å². The first kappa shape index (κ1) is 21.8. The molecule has 6 nitrogen and oxygen atoms in total. The van der Waals surface area contributed by atoms with E-state index in [9.17, 15) is 8.42 Å². The Bertz CT molecular complexity index is 910. The van der Waals surface area contributed by atoms with Crippen molar-refractivity contribution in [2.45, 2.75) is 31.7 Å². The highest BCUT2D eigenvalue weighted by Gasteiger charge is 2.28. The Morgan fingerprint density at radius 2 is 1.96 bits per heavy atom. The van der Waals surface area contributed by atoms with E-state index in [-0.39, 0.29) is 23.5 Å². The van der Waals surface area contributed by atoms with Gasteiger partial charge < -0.3 is 9.47 Å². The van der Waals surface area contributed by atoms with Gasteiger partial charge in [-0.2, -0.15) is 0 Å². The predicted molar refractivity (Wildman–Crippen MR) is 109 cm³/mol. The van der Waals surface area contributed by atoms with Gasteiger partial charge in [0.1, 0.15) is 12.5 Å². The maximum absolute atomic E-state index is 13.3. The minimum atomic E-state index is -3.99. The van der Waals surface area contributed by atoms with Crippen molar-refractivity contribution in [1.82, 2.24) is 4.98 Å². The van der Waals surface area contributed by atoms with Crippen LogP contribution in [0.2, 0.25) is 16.9 Å². The number of anilines is 1. The van der Waals surface area contributed by atoms with Crippen LogP contribution in [0.3, 0.4) is 0 Å². The molecule has 0 unspecified atom stereocenters. The van der Waals surface area contributed by atoms with E-state index in [2.05, 4.69) is 4.98 Å². The van der Waals surface area contributed by atoms with E-state index in [0.717, 1.165) is 4.31 Å². The van der Waals surface area contributed by atoms with Crippen molar-refractivity contribution in [1.29, 1.82) is 0 Å². The summed E-state index contributed by atoms with van der Waals surface area (Å²) in [4.78, 5) is 4.20. The van der Waals surface area contributed by atoms with Crippen LogP contribution in [0.1, 0.15) is 13.8 Å². The van der Waals surface area contributed by atoms with Gasteiger partial charge in [0, 0.05) is 25.0 Å². The van der Waals surface area contributed by atoms with E-state index in [1.54, 1.807) is 14.1 Å². The molecule has 1 radical (unpaired) electrons. The van der Waals surface area contributed by atoms with Crippen LogP contribution in [0.4, 0.5) is 5.69 Å². The Hall–Kier alpha value is -1.48. The van der Waals surface area contributed by atoms with E-state index in [1.165, 1.54) is 37.6 Å². The Kier molecular flexibility index (Phi) is 7.39. The van der Waals surface area contributed by atoms with Crippen LogP contribution in [0.25, 0.3) is 0 Å². The van der Waals surface area contributed by atoms with E-state index >= 15 is 0 Å². The number of ether oxygens (including phenoxy) is 2. The third kappa shape index (κ3) is 5.07. The monoisotopic (exact) mass is 429 g/mol. The zero-order chi connectivity index (χ0) is 20.2.